The van der Waals surface area contributed by atoms with Crippen molar-refractivity contribution in [3.63, 3.8) is 0 Å². The van der Waals surface area contributed by atoms with Crippen LogP contribution < -0.4 is 10.1 Å². The Balaban J connectivity index is 1.33. The number of carbonyl (C=O) groups excluding carboxylic acids is 1. The second kappa shape index (κ2) is 9.09. The number of nitrogens with zero attached hydrogens (tertiary/aromatic N) is 1. The molecule has 3 rings (SSSR count). The van der Waals surface area contributed by atoms with E-state index in [1.54, 1.807) is 7.11 Å². The molecule has 2 aliphatic rings. The van der Waals surface area contributed by atoms with E-state index in [1.165, 1.54) is 18.4 Å². The van der Waals surface area contributed by atoms with E-state index in [2.05, 4.69) is 17.4 Å². The van der Waals surface area contributed by atoms with Crippen LogP contribution in [0.25, 0.3) is 0 Å². The van der Waals surface area contributed by atoms with E-state index < -0.39 is 0 Å². The predicted octanol–water partition coefficient (Wildman–Crippen LogP) is 3.23. The van der Waals surface area contributed by atoms with E-state index in [-0.39, 0.29) is 6.03 Å². The molecule has 2 heterocycles. The molecule has 25 heavy (non-hydrogen) atoms. The fourth-order valence-corrected chi connectivity index (χ4v) is 3.88. The maximum atomic E-state index is 12.3. The number of amides is 2. The Morgan fingerprint density at radius 2 is 2.16 bits per heavy atom. The first-order valence-electron chi connectivity index (χ1n) is 9.53. The summed E-state index contributed by atoms with van der Waals surface area (Å²) in [6.45, 7) is 3.33. The zero-order valence-corrected chi connectivity index (χ0v) is 15.2. The minimum atomic E-state index is 0.0800. The summed E-state index contributed by atoms with van der Waals surface area (Å²) in [4.78, 5) is 14.3. The Morgan fingerprint density at radius 1 is 1.32 bits per heavy atom. The highest BCUT2D eigenvalue weighted by atomic mass is 16.5. The minimum absolute atomic E-state index is 0.0800. The average molecular weight is 346 g/mol. The molecule has 5 heteroatoms. The zero-order chi connectivity index (χ0) is 17.5. The summed E-state index contributed by atoms with van der Waals surface area (Å²) in [5, 5.41) is 3.06. The van der Waals surface area contributed by atoms with Gasteiger partial charge in [0.1, 0.15) is 5.75 Å². The molecule has 1 atom stereocenters. The summed E-state index contributed by atoms with van der Waals surface area (Å²) in [5.74, 6) is 1.52. The second-order valence-electron chi connectivity index (χ2n) is 7.06. The molecule has 2 amide bonds. The van der Waals surface area contributed by atoms with E-state index in [4.69, 9.17) is 9.47 Å². The number of rotatable bonds is 6. The Labute approximate surface area is 150 Å². The first kappa shape index (κ1) is 18.1. The number of piperidine rings is 1. The van der Waals surface area contributed by atoms with Gasteiger partial charge in [0.15, 0.2) is 0 Å². The zero-order valence-electron chi connectivity index (χ0n) is 15.2. The highest BCUT2D eigenvalue weighted by Crippen LogP contribution is 2.28. The lowest BCUT2D eigenvalue weighted by Gasteiger charge is -2.34. The van der Waals surface area contributed by atoms with Crippen molar-refractivity contribution >= 4 is 6.03 Å². The highest BCUT2D eigenvalue weighted by Gasteiger charge is 2.30. The van der Waals surface area contributed by atoms with Crippen molar-refractivity contribution in [1.82, 2.24) is 10.2 Å². The largest absolute Gasteiger partial charge is 0.497 e. The first-order valence-corrected chi connectivity index (χ1v) is 9.53. The molecule has 0 bridgehead atoms. The van der Waals surface area contributed by atoms with Crippen LogP contribution in [-0.2, 0) is 11.2 Å². The summed E-state index contributed by atoms with van der Waals surface area (Å²) in [6, 6.07) is 8.19. The van der Waals surface area contributed by atoms with Gasteiger partial charge in [-0.25, -0.2) is 4.79 Å². The average Bonchev–Trinajstić information content (AvgIpc) is 3.20. The normalized spacial score (nSPS) is 21.3. The standard InChI is InChI=1S/C20H30N2O3/c1-24-18-7-2-5-16(15-18)6-3-11-21-20(23)22-12-9-17(10-13-22)19-8-4-14-25-19/h2,5,7,15,17,19H,3-4,6,8-14H2,1H3,(H,21,23)/t19-/m0/s1. The van der Waals surface area contributed by atoms with Crippen molar-refractivity contribution in [2.24, 2.45) is 5.92 Å². The van der Waals surface area contributed by atoms with Crippen LogP contribution in [0.1, 0.15) is 37.7 Å². The number of hydrogen-bond donors (Lipinski definition) is 1. The van der Waals surface area contributed by atoms with Crippen molar-refractivity contribution in [3.05, 3.63) is 29.8 Å². The van der Waals surface area contributed by atoms with Gasteiger partial charge in [-0.05, 0) is 62.1 Å². The molecule has 2 saturated heterocycles. The fraction of sp³-hybridized carbons (Fsp3) is 0.650. The summed E-state index contributed by atoms with van der Waals surface area (Å²) in [6.07, 6.45) is 6.85. The molecule has 138 valence electrons. The molecule has 2 fully saturated rings. The van der Waals surface area contributed by atoms with Crippen molar-refractivity contribution in [2.75, 3.05) is 33.4 Å². The third-order valence-corrected chi connectivity index (χ3v) is 5.37. The molecule has 0 unspecified atom stereocenters. The SMILES string of the molecule is COc1cccc(CCCNC(=O)N2CCC([C@@H]3CCCO3)CC2)c1. The number of carbonyl (C=O) groups is 1. The van der Waals surface area contributed by atoms with Crippen molar-refractivity contribution in [3.8, 4) is 5.75 Å². The topological polar surface area (TPSA) is 50.8 Å². The van der Waals surface area contributed by atoms with Gasteiger partial charge in [0.25, 0.3) is 0 Å². The highest BCUT2D eigenvalue weighted by molar-refractivity contribution is 5.74. The molecule has 1 aromatic rings. The van der Waals surface area contributed by atoms with E-state index >= 15 is 0 Å². The number of urea groups is 1. The maximum absolute atomic E-state index is 12.3. The number of aryl methyl sites for hydroxylation is 1. The second-order valence-corrected chi connectivity index (χ2v) is 7.06. The molecule has 1 N–H and O–H groups in total. The molecule has 0 radical (unpaired) electrons. The van der Waals surface area contributed by atoms with Gasteiger partial charge in [-0.3, -0.25) is 0 Å². The van der Waals surface area contributed by atoms with Gasteiger partial charge in [0.05, 0.1) is 13.2 Å². The van der Waals surface area contributed by atoms with Crippen LogP contribution in [0.3, 0.4) is 0 Å². The number of ether oxygens (including phenoxy) is 2. The lowest BCUT2D eigenvalue weighted by Crippen LogP contribution is -2.46. The van der Waals surface area contributed by atoms with E-state index in [1.807, 2.05) is 17.0 Å². The van der Waals surface area contributed by atoms with Crippen molar-refractivity contribution in [2.45, 2.75) is 44.6 Å². The first-order chi connectivity index (χ1) is 12.3. The van der Waals surface area contributed by atoms with Crippen LogP contribution in [0.2, 0.25) is 0 Å². The number of methoxy groups -OCH3 is 1. The molecule has 0 spiro atoms. The molecule has 0 aromatic heterocycles. The van der Waals surface area contributed by atoms with Crippen LogP contribution in [0.4, 0.5) is 4.79 Å². The van der Waals surface area contributed by atoms with Gasteiger partial charge in [-0.2, -0.15) is 0 Å². The van der Waals surface area contributed by atoms with Crippen LogP contribution in [0.5, 0.6) is 5.75 Å². The molecular weight excluding hydrogens is 316 g/mol. The van der Waals surface area contributed by atoms with Gasteiger partial charge in [0, 0.05) is 26.2 Å². The van der Waals surface area contributed by atoms with Crippen molar-refractivity contribution in [1.29, 1.82) is 0 Å². The maximum Gasteiger partial charge on any atom is 0.317 e. The predicted molar refractivity (Wildman–Crippen MR) is 98.0 cm³/mol. The number of likely N-dealkylation sites (tertiary alicyclic amines) is 1. The molecule has 5 nitrogen and oxygen atoms in total. The van der Waals surface area contributed by atoms with Gasteiger partial charge in [0.2, 0.25) is 0 Å². The lowest BCUT2D eigenvalue weighted by molar-refractivity contribution is 0.0372. The van der Waals surface area contributed by atoms with Gasteiger partial charge in [-0.15, -0.1) is 0 Å². The monoisotopic (exact) mass is 346 g/mol. The van der Waals surface area contributed by atoms with E-state index in [9.17, 15) is 4.79 Å². The van der Waals surface area contributed by atoms with Gasteiger partial charge >= 0.3 is 6.03 Å². The summed E-state index contributed by atoms with van der Waals surface area (Å²) in [5.41, 5.74) is 1.24. The van der Waals surface area contributed by atoms with E-state index in [0.717, 1.165) is 51.1 Å². The summed E-state index contributed by atoms with van der Waals surface area (Å²) >= 11 is 0. The van der Waals surface area contributed by atoms with Gasteiger partial charge < -0.3 is 19.7 Å². The minimum Gasteiger partial charge on any atom is -0.497 e. The number of hydrogen-bond acceptors (Lipinski definition) is 3. The Bertz CT molecular complexity index is 550. The fourth-order valence-electron chi connectivity index (χ4n) is 3.88. The Kier molecular flexibility index (Phi) is 6.56. The van der Waals surface area contributed by atoms with Crippen LogP contribution in [0.15, 0.2) is 24.3 Å². The van der Waals surface area contributed by atoms with Crippen LogP contribution in [-0.4, -0.2) is 50.4 Å². The Hall–Kier alpha value is -1.75. The van der Waals surface area contributed by atoms with Crippen LogP contribution in [0, 0.1) is 5.92 Å². The molecule has 2 aliphatic heterocycles. The third kappa shape index (κ3) is 5.11. The summed E-state index contributed by atoms with van der Waals surface area (Å²) < 4.78 is 11.0. The van der Waals surface area contributed by atoms with Crippen molar-refractivity contribution < 1.29 is 14.3 Å². The number of nitrogens with one attached hydrogen (secondary N) is 1. The van der Waals surface area contributed by atoms with E-state index in [0.29, 0.717) is 18.6 Å². The molecule has 0 saturated carbocycles. The quantitative estimate of drug-likeness (QED) is 0.805. The molecule has 0 aliphatic carbocycles. The third-order valence-electron chi connectivity index (χ3n) is 5.37. The number of benzene rings is 1. The molecule has 1 aromatic carbocycles. The lowest BCUT2D eigenvalue weighted by atomic mass is 9.90. The summed E-state index contributed by atoms with van der Waals surface area (Å²) in [7, 11) is 1.68. The molecular formula is C20H30N2O3. The smallest absolute Gasteiger partial charge is 0.317 e. The van der Waals surface area contributed by atoms with Gasteiger partial charge in [-0.1, -0.05) is 12.1 Å². The van der Waals surface area contributed by atoms with Crippen LogP contribution >= 0.6 is 0 Å². The Morgan fingerprint density at radius 3 is 2.88 bits per heavy atom.